The number of carbonyl (C=O) groups is 1. The minimum Gasteiger partial charge on any atom is -0.468 e. The first kappa shape index (κ1) is 16.8. The van der Waals surface area contributed by atoms with E-state index in [4.69, 9.17) is 4.42 Å². The molecule has 1 atom stereocenters. The van der Waals surface area contributed by atoms with Gasteiger partial charge >= 0.3 is 0 Å². The number of hydrogen-bond donors (Lipinski definition) is 0. The maximum absolute atomic E-state index is 13.0. The zero-order chi connectivity index (χ0) is 18.1. The predicted octanol–water partition coefficient (Wildman–Crippen LogP) is 3.36. The Morgan fingerprint density at radius 3 is 2.81 bits per heavy atom. The van der Waals surface area contributed by atoms with Crippen molar-refractivity contribution in [2.24, 2.45) is 0 Å². The molecule has 4 heterocycles. The third-order valence-corrected chi connectivity index (χ3v) is 5.24. The first-order valence-electron chi connectivity index (χ1n) is 9.14. The fourth-order valence-corrected chi connectivity index (χ4v) is 3.56. The minimum atomic E-state index is 0.0419. The molecule has 4 rings (SSSR count). The monoisotopic (exact) mass is 352 g/mol. The molecule has 26 heavy (non-hydrogen) atoms. The summed E-state index contributed by atoms with van der Waals surface area (Å²) in [6.07, 6.45) is 5.81. The second-order valence-corrected chi connectivity index (χ2v) is 6.94. The Bertz CT molecular complexity index is 894. The molecule has 1 saturated heterocycles. The minimum absolute atomic E-state index is 0.0419. The van der Waals surface area contributed by atoms with E-state index < -0.39 is 0 Å². The van der Waals surface area contributed by atoms with E-state index >= 15 is 0 Å². The molecule has 3 aromatic rings. The van der Waals surface area contributed by atoms with Crippen molar-refractivity contribution in [3.63, 3.8) is 0 Å². The molecule has 1 aliphatic rings. The third-order valence-electron chi connectivity index (χ3n) is 5.24. The van der Waals surface area contributed by atoms with Crippen LogP contribution in [0.4, 0.5) is 0 Å². The van der Waals surface area contributed by atoms with Crippen molar-refractivity contribution >= 4 is 11.6 Å². The molecule has 0 saturated carbocycles. The van der Waals surface area contributed by atoms with Gasteiger partial charge in [0.25, 0.3) is 5.91 Å². The fourth-order valence-electron chi connectivity index (χ4n) is 3.56. The maximum Gasteiger partial charge on any atom is 0.274 e. The summed E-state index contributed by atoms with van der Waals surface area (Å²) in [7, 11) is 2.04. The number of furan rings is 1. The standard InChI is InChI=1S/C20H24N4O2/c1-15(17-8-7-13-26-17)22(2)14-16-19(20(25)23-10-5-6-11-23)21-18-9-3-4-12-24(16)18/h3-4,7-9,12-13,15H,5-6,10-11,14H2,1-2H3/t15-/m1/s1. The number of nitrogens with zero attached hydrogens (tertiary/aromatic N) is 4. The Kier molecular flexibility index (Phi) is 4.51. The second kappa shape index (κ2) is 6.96. The average Bonchev–Trinajstić information content (AvgIpc) is 3.41. The van der Waals surface area contributed by atoms with Gasteiger partial charge in [-0.25, -0.2) is 4.98 Å². The highest BCUT2D eigenvalue weighted by Gasteiger charge is 2.27. The van der Waals surface area contributed by atoms with Gasteiger partial charge in [-0.3, -0.25) is 9.69 Å². The van der Waals surface area contributed by atoms with Crippen molar-refractivity contribution < 1.29 is 9.21 Å². The summed E-state index contributed by atoms with van der Waals surface area (Å²) in [6.45, 7) is 4.36. The van der Waals surface area contributed by atoms with E-state index in [0.717, 1.165) is 43.0 Å². The molecule has 1 aliphatic heterocycles. The molecule has 1 fully saturated rings. The van der Waals surface area contributed by atoms with Crippen LogP contribution in [-0.2, 0) is 6.54 Å². The topological polar surface area (TPSA) is 54.0 Å². The first-order chi connectivity index (χ1) is 12.6. The SMILES string of the molecule is C[C@H](c1ccco1)N(C)Cc1c(C(=O)N2CCCC2)nc2ccccn12. The molecular weight excluding hydrogens is 328 g/mol. The predicted molar refractivity (Wildman–Crippen MR) is 98.9 cm³/mol. The van der Waals surface area contributed by atoms with Crippen LogP contribution < -0.4 is 0 Å². The lowest BCUT2D eigenvalue weighted by molar-refractivity contribution is 0.0784. The van der Waals surface area contributed by atoms with Crippen LogP contribution in [0.25, 0.3) is 5.65 Å². The van der Waals surface area contributed by atoms with Gasteiger partial charge in [0.15, 0.2) is 5.69 Å². The van der Waals surface area contributed by atoms with Crippen LogP contribution in [-0.4, -0.2) is 45.2 Å². The normalized spacial score (nSPS) is 15.9. The molecule has 1 amide bonds. The van der Waals surface area contributed by atoms with Crippen molar-refractivity contribution in [3.8, 4) is 0 Å². The summed E-state index contributed by atoms with van der Waals surface area (Å²) >= 11 is 0. The molecule has 0 aromatic carbocycles. The number of hydrogen-bond acceptors (Lipinski definition) is 4. The van der Waals surface area contributed by atoms with Crippen molar-refractivity contribution in [1.29, 1.82) is 0 Å². The molecule has 0 N–H and O–H groups in total. The molecule has 3 aromatic heterocycles. The van der Waals surface area contributed by atoms with Crippen molar-refractivity contribution in [2.75, 3.05) is 20.1 Å². The highest BCUT2D eigenvalue weighted by atomic mass is 16.3. The van der Waals surface area contributed by atoms with Gasteiger partial charge in [0.05, 0.1) is 18.0 Å². The Morgan fingerprint density at radius 1 is 1.27 bits per heavy atom. The molecule has 6 heteroatoms. The van der Waals surface area contributed by atoms with Crippen LogP contribution in [0, 0.1) is 0 Å². The summed E-state index contributed by atoms with van der Waals surface area (Å²) < 4.78 is 7.57. The zero-order valence-electron chi connectivity index (χ0n) is 15.3. The Balaban J connectivity index is 1.68. The average molecular weight is 352 g/mol. The number of fused-ring (bicyclic) bond motifs is 1. The molecule has 0 bridgehead atoms. The van der Waals surface area contributed by atoms with Gasteiger partial charge in [-0.15, -0.1) is 0 Å². The number of aromatic nitrogens is 2. The van der Waals surface area contributed by atoms with E-state index in [0.29, 0.717) is 12.2 Å². The van der Waals surface area contributed by atoms with Gasteiger partial charge in [0.2, 0.25) is 0 Å². The van der Waals surface area contributed by atoms with Crippen molar-refractivity contribution in [3.05, 3.63) is 59.9 Å². The van der Waals surface area contributed by atoms with E-state index in [1.807, 2.05) is 52.9 Å². The number of amides is 1. The van der Waals surface area contributed by atoms with Crippen LogP contribution >= 0.6 is 0 Å². The largest absolute Gasteiger partial charge is 0.468 e. The summed E-state index contributed by atoms with van der Waals surface area (Å²) in [4.78, 5) is 21.8. The van der Waals surface area contributed by atoms with Crippen molar-refractivity contribution in [1.82, 2.24) is 19.2 Å². The Morgan fingerprint density at radius 2 is 2.08 bits per heavy atom. The summed E-state index contributed by atoms with van der Waals surface area (Å²) in [5, 5.41) is 0. The number of rotatable bonds is 5. The molecule has 0 unspecified atom stereocenters. The Hall–Kier alpha value is -2.60. The third kappa shape index (κ3) is 3.01. The number of likely N-dealkylation sites (tertiary alicyclic amines) is 1. The van der Waals surface area contributed by atoms with Gasteiger partial charge in [-0.2, -0.15) is 0 Å². The van der Waals surface area contributed by atoms with Gasteiger partial charge in [-0.1, -0.05) is 6.07 Å². The first-order valence-corrected chi connectivity index (χ1v) is 9.14. The quantitative estimate of drug-likeness (QED) is 0.707. The lowest BCUT2D eigenvalue weighted by Gasteiger charge is -2.23. The summed E-state index contributed by atoms with van der Waals surface area (Å²) in [6, 6.07) is 9.85. The fraction of sp³-hybridized carbons (Fsp3) is 0.400. The highest BCUT2D eigenvalue weighted by molar-refractivity contribution is 5.94. The molecule has 136 valence electrons. The number of carbonyl (C=O) groups excluding carboxylic acids is 1. The van der Waals surface area contributed by atoms with Crippen LogP contribution in [0.5, 0.6) is 0 Å². The van der Waals surface area contributed by atoms with Crippen LogP contribution in [0.15, 0.2) is 47.2 Å². The van der Waals surface area contributed by atoms with Crippen LogP contribution in [0.2, 0.25) is 0 Å². The molecule has 0 spiro atoms. The lowest BCUT2D eigenvalue weighted by Crippen LogP contribution is -2.30. The van der Waals surface area contributed by atoms with Gasteiger partial charge in [-0.05, 0) is 51.1 Å². The zero-order valence-corrected chi connectivity index (χ0v) is 15.3. The van der Waals surface area contributed by atoms with Crippen LogP contribution in [0.3, 0.4) is 0 Å². The highest BCUT2D eigenvalue weighted by Crippen LogP contribution is 2.24. The van der Waals surface area contributed by atoms with E-state index in [9.17, 15) is 4.79 Å². The lowest BCUT2D eigenvalue weighted by atomic mass is 10.2. The number of pyridine rings is 1. The molecular formula is C20H24N4O2. The number of imidazole rings is 1. The van der Waals surface area contributed by atoms with E-state index in [2.05, 4.69) is 16.8 Å². The van der Waals surface area contributed by atoms with Gasteiger partial charge in [0.1, 0.15) is 11.4 Å². The van der Waals surface area contributed by atoms with E-state index in [1.54, 1.807) is 6.26 Å². The second-order valence-electron chi connectivity index (χ2n) is 6.94. The van der Waals surface area contributed by atoms with Gasteiger partial charge < -0.3 is 13.7 Å². The van der Waals surface area contributed by atoms with Crippen LogP contribution in [0.1, 0.15) is 47.7 Å². The van der Waals surface area contributed by atoms with E-state index in [-0.39, 0.29) is 11.9 Å². The maximum atomic E-state index is 13.0. The summed E-state index contributed by atoms with van der Waals surface area (Å²) in [5.41, 5.74) is 2.30. The molecule has 0 radical (unpaired) electrons. The Labute approximate surface area is 153 Å². The van der Waals surface area contributed by atoms with Gasteiger partial charge in [0, 0.05) is 25.8 Å². The van der Waals surface area contributed by atoms with Crippen molar-refractivity contribution in [2.45, 2.75) is 32.4 Å². The molecule has 6 nitrogen and oxygen atoms in total. The molecule has 0 aliphatic carbocycles. The van der Waals surface area contributed by atoms with E-state index in [1.165, 1.54) is 0 Å². The smallest absolute Gasteiger partial charge is 0.274 e. The summed E-state index contributed by atoms with van der Waals surface area (Å²) in [5.74, 6) is 0.953.